The number of rotatable bonds is 0. The quantitative estimate of drug-likeness (QED) is 0.640. The fraction of sp³-hybridized carbons (Fsp3) is 0.333. The lowest BCUT2D eigenvalue weighted by molar-refractivity contribution is 0.960. The van der Waals surface area contributed by atoms with Crippen molar-refractivity contribution in [3.63, 3.8) is 0 Å². The van der Waals surface area contributed by atoms with Crippen molar-refractivity contribution in [3.05, 3.63) is 38.9 Å². The predicted molar refractivity (Wildman–Crippen MR) is 61.1 cm³/mol. The molecule has 0 nitrogen and oxygen atoms in total. The van der Waals surface area contributed by atoms with Crippen molar-refractivity contribution in [3.8, 4) is 0 Å². The van der Waals surface area contributed by atoms with Gasteiger partial charge in [0, 0.05) is 0 Å². The number of halogens is 1. The highest BCUT2D eigenvalue weighted by atomic mass is 79.9. The van der Waals surface area contributed by atoms with Gasteiger partial charge in [0.1, 0.15) is 0 Å². The first-order chi connectivity index (χ1) is 6.16. The Kier molecular flexibility index (Phi) is 2.29. The van der Waals surface area contributed by atoms with Gasteiger partial charge in [0.15, 0.2) is 0 Å². The molecule has 0 saturated heterocycles. The number of benzene rings is 1. The summed E-state index contributed by atoms with van der Waals surface area (Å²) in [6.07, 6.45) is 4.58. The topological polar surface area (TPSA) is 0 Å². The van der Waals surface area contributed by atoms with Crippen molar-refractivity contribution < 1.29 is 0 Å². The van der Waals surface area contributed by atoms with Gasteiger partial charge in [-0.3, -0.25) is 0 Å². The minimum absolute atomic E-state index is 1.15. The van der Waals surface area contributed by atoms with E-state index in [1.54, 1.807) is 0 Å². The van der Waals surface area contributed by atoms with Crippen LogP contribution in [0.5, 0.6) is 0 Å². The van der Waals surface area contributed by atoms with E-state index in [4.69, 9.17) is 0 Å². The van der Waals surface area contributed by atoms with E-state index in [-0.39, 0.29) is 0 Å². The third-order valence-electron chi connectivity index (χ3n) is 2.58. The van der Waals surface area contributed by atoms with Crippen molar-refractivity contribution >= 4 is 22.0 Å². The molecule has 1 aliphatic rings. The zero-order valence-electron chi connectivity index (χ0n) is 8.02. The molecule has 0 spiro atoms. The lowest BCUT2D eigenvalue weighted by atomic mass is 9.92. The molecule has 0 N–H and O–H groups in total. The SMILES string of the molecule is Cc1cc(C)c2c(c1)C=C(Br)CC2. The first-order valence-electron chi connectivity index (χ1n) is 4.63. The first kappa shape index (κ1) is 9.01. The third kappa shape index (κ3) is 1.71. The van der Waals surface area contributed by atoms with E-state index < -0.39 is 0 Å². The molecular formula is C12H13Br. The van der Waals surface area contributed by atoms with Crippen LogP contribution in [0.2, 0.25) is 0 Å². The lowest BCUT2D eigenvalue weighted by Gasteiger charge is -2.16. The summed E-state index contributed by atoms with van der Waals surface area (Å²) < 4.78 is 1.32. The summed E-state index contributed by atoms with van der Waals surface area (Å²) in [5.41, 5.74) is 5.71. The number of allylic oxidation sites excluding steroid dienone is 1. The highest BCUT2D eigenvalue weighted by Gasteiger charge is 2.10. The van der Waals surface area contributed by atoms with Crippen molar-refractivity contribution in [1.82, 2.24) is 0 Å². The normalized spacial score (nSPS) is 15.2. The molecule has 0 aliphatic heterocycles. The highest BCUT2D eigenvalue weighted by Crippen LogP contribution is 2.29. The van der Waals surface area contributed by atoms with Crippen molar-refractivity contribution in [2.45, 2.75) is 26.7 Å². The van der Waals surface area contributed by atoms with Crippen LogP contribution in [0.15, 0.2) is 16.6 Å². The van der Waals surface area contributed by atoms with Gasteiger partial charge < -0.3 is 0 Å². The Hall–Kier alpha value is -0.560. The van der Waals surface area contributed by atoms with Gasteiger partial charge in [-0.2, -0.15) is 0 Å². The molecule has 1 aromatic rings. The van der Waals surface area contributed by atoms with Gasteiger partial charge in [-0.25, -0.2) is 0 Å². The van der Waals surface area contributed by atoms with Crippen molar-refractivity contribution in [1.29, 1.82) is 0 Å². The number of hydrogen-bond acceptors (Lipinski definition) is 0. The van der Waals surface area contributed by atoms with Gasteiger partial charge in [0.25, 0.3) is 0 Å². The van der Waals surface area contributed by atoms with E-state index in [0.717, 1.165) is 6.42 Å². The molecule has 13 heavy (non-hydrogen) atoms. The van der Waals surface area contributed by atoms with E-state index in [1.165, 1.54) is 33.2 Å². The van der Waals surface area contributed by atoms with Crippen LogP contribution in [0.25, 0.3) is 6.08 Å². The third-order valence-corrected chi connectivity index (χ3v) is 3.20. The van der Waals surface area contributed by atoms with E-state index >= 15 is 0 Å². The van der Waals surface area contributed by atoms with Crippen LogP contribution in [-0.2, 0) is 6.42 Å². The van der Waals surface area contributed by atoms with E-state index in [9.17, 15) is 0 Å². The summed E-state index contributed by atoms with van der Waals surface area (Å²) in [4.78, 5) is 0. The maximum Gasteiger partial charge on any atom is -0.00400 e. The van der Waals surface area contributed by atoms with Gasteiger partial charge in [0.05, 0.1) is 0 Å². The molecule has 0 fully saturated rings. The summed E-state index contributed by atoms with van der Waals surface area (Å²) in [5.74, 6) is 0. The summed E-state index contributed by atoms with van der Waals surface area (Å²) in [7, 11) is 0. The van der Waals surface area contributed by atoms with Crippen LogP contribution < -0.4 is 0 Å². The van der Waals surface area contributed by atoms with Gasteiger partial charge >= 0.3 is 0 Å². The van der Waals surface area contributed by atoms with Gasteiger partial charge in [-0.1, -0.05) is 33.6 Å². The van der Waals surface area contributed by atoms with Crippen LogP contribution >= 0.6 is 15.9 Å². The molecule has 68 valence electrons. The van der Waals surface area contributed by atoms with Gasteiger partial charge in [-0.15, -0.1) is 0 Å². The molecule has 1 aliphatic carbocycles. The van der Waals surface area contributed by atoms with Gasteiger partial charge in [-0.05, 0) is 53.9 Å². The van der Waals surface area contributed by atoms with E-state index in [0.29, 0.717) is 0 Å². The van der Waals surface area contributed by atoms with E-state index in [1.807, 2.05) is 0 Å². The summed E-state index contributed by atoms with van der Waals surface area (Å²) in [5, 5.41) is 0. The second-order valence-corrected chi connectivity index (χ2v) is 4.76. The molecule has 1 aromatic carbocycles. The van der Waals surface area contributed by atoms with Crippen LogP contribution in [0.4, 0.5) is 0 Å². The van der Waals surface area contributed by atoms with Gasteiger partial charge in [0.2, 0.25) is 0 Å². The smallest absolute Gasteiger partial charge is 0.00400 e. The molecule has 0 saturated carbocycles. The molecule has 0 unspecified atom stereocenters. The monoisotopic (exact) mass is 236 g/mol. The Labute approximate surface area is 87.8 Å². The van der Waals surface area contributed by atoms with Crippen molar-refractivity contribution in [2.75, 3.05) is 0 Å². The fourth-order valence-corrected chi connectivity index (χ4v) is 2.43. The summed E-state index contributed by atoms with van der Waals surface area (Å²) in [6.45, 7) is 4.36. The Morgan fingerprint density at radius 1 is 1.15 bits per heavy atom. The zero-order chi connectivity index (χ0) is 9.42. The average molecular weight is 237 g/mol. The number of hydrogen-bond donors (Lipinski definition) is 0. The zero-order valence-corrected chi connectivity index (χ0v) is 9.61. The second-order valence-electron chi connectivity index (χ2n) is 3.74. The summed E-state index contributed by atoms with van der Waals surface area (Å²) >= 11 is 3.57. The maximum absolute atomic E-state index is 3.57. The predicted octanol–water partition coefficient (Wildman–Crippen LogP) is 3.99. The molecule has 0 atom stereocenters. The Morgan fingerprint density at radius 2 is 1.92 bits per heavy atom. The fourth-order valence-electron chi connectivity index (χ4n) is 1.99. The van der Waals surface area contributed by atoms with Crippen LogP contribution in [-0.4, -0.2) is 0 Å². The number of fused-ring (bicyclic) bond motifs is 1. The second kappa shape index (κ2) is 3.30. The molecular weight excluding hydrogens is 224 g/mol. The number of aryl methyl sites for hydroxylation is 2. The molecule has 0 radical (unpaired) electrons. The standard InChI is InChI=1S/C12H13Br/c1-8-5-9(2)12-4-3-11(13)7-10(12)6-8/h5-7H,3-4H2,1-2H3. The molecule has 0 bridgehead atoms. The van der Waals surface area contributed by atoms with Crippen LogP contribution in [0.3, 0.4) is 0 Å². The van der Waals surface area contributed by atoms with Crippen molar-refractivity contribution in [2.24, 2.45) is 0 Å². The first-order valence-corrected chi connectivity index (χ1v) is 5.42. The largest absolute Gasteiger partial charge is 0.0561 e. The minimum atomic E-state index is 1.15. The van der Waals surface area contributed by atoms with Crippen LogP contribution in [0, 0.1) is 13.8 Å². The van der Waals surface area contributed by atoms with E-state index in [2.05, 4.69) is 48.0 Å². The summed E-state index contributed by atoms with van der Waals surface area (Å²) in [6, 6.07) is 4.54. The molecule has 0 heterocycles. The average Bonchev–Trinajstić information content (AvgIpc) is 2.02. The Bertz CT molecular complexity index is 375. The Balaban J connectivity index is 2.61. The molecule has 2 rings (SSSR count). The lowest BCUT2D eigenvalue weighted by Crippen LogP contribution is -1.99. The highest BCUT2D eigenvalue weighted by molar-refractivity contribution is 9.11. The molecule has 1 heteroatoms. The molecule has 0 aromatic heterocycles. The molecule has 0 amide bonds. The van der Waals surface area contributed by atoms with Crippen LogP contribution in [0.1, 0.15) is 28.7 Å². The minimum Gasteiger partial charge on any atom is -0.0561 e. The maximum atomic E-state index is 3.57. The Morgan fingerprint density at radius 3 is 2.69 bits per heavy atom.